The SMILES string of the molecule is COc1c(C)cccc1C(=O)NC(=S)Nc1cc(C)ccc1O. The molecule has 0 saturated carbocycles. The third-order valence-electron chi connectivity index (χ3n) is 3.29. The molecule has 0 fully saturated rings. The fourth-order valence-electron chi connectivity index (χ4n) is 2.18. The van der Waals surface area contributed by atoms with Gasteiger partial charge in [-0.3, -0.25) is 10.1 Å². The molecule has 0 aromatic heterocycles. The Morgan fingerprint density at radius 2 is 1.96 bits per heavy atom. The highest BCUT2D eigenvalue weighted by molar-refractivity contribution is 7.80. The largest absolute Gasteiger partial charge is 0.506 e. The van der Waals surface area contributed by atoms with Crippen molar-refractivity contribution in [3.8, 4) is 11.5 Å². The summed E-state index contributed by atoms with van der Waals surface area (Å²) in [5.74, 6) is 0.182. The second-order valence-electron chi connectivity index (χ2n) is 5.08. The summed E-state index contributed by atoms with van der Waals surface area (Å²) < 4.78 is 5.27. The van der Waals surface area contributed by atoms with E-state index < -0.39 is 0 Å². The normalized spacial score (nSPS) is 10.0. The van der Waals surface area contributed by atoms with Crippen LogP contribution in [0.15, 0.2) is 36.4 Å². The van der Waals surface area contributed by atoms with Crippen LogP contribution in [-0.2, 0) is 0 Å². The molecule has 2 rings (SSSR count). The number of para-hydroxylation sites is 1. The summed E-state index contributed by atoms with van der Waals surface area (Å²) in [6, 6.07) is 10.4. The number of hydrogen-bond acceptors (Lipinski definition) is 4. The van der Waals surface area contributed by atoms with Crippen LogP contribution in [-0.4, -0.2) is 23.2 Å². The van der Waals surface area contributed by atoms with Crippen LogP contribution in [0.25, 0.3) is 0 Å². The maximum Gasteiger partial charge on any atom is 0.261 e. The molecule has 0 atom stereocenters. The van der Waals surface area contributed by atoms with E-state index in [2.05, 4.69) is 10.6 Å². The third-order valence-corrected chi connectivity index (χ3v) is 3.49. The average molecular weight is 330 g/mol. The molecule has 120 valence electrons. The number of phenols is 1. The van der Waals surface area contributed by atoms with Gasteiger partial charge in [0.2, 0.25) is 0 Å². The Labute approximate surface area is 140 Å². The van der Waals surface area contributed by atoms with E-state index >= 15 is 0 Å². The first kappa shape index (κ1) is 16.8. The Morgan fingerprint density at radius 3 is 2.65 bits per heavy atom. The highest BCUT2D eigenvalue weighted by atomic mass is 32.1. The van der Waals surface area contributed by atoms with Gasteiger partial charge in [0.25, 0.3) is 5.91 Å². The minimum Gasteiger partial charge on any atom is -0.506 e. The summed E-state index contributed by atoms with van der Waals surface area (Å²) in [6.45, 7) is 3.75. The van der Waals surface area contributed by atoms with E-state index in [0.717, 1.165) is 11.1 Å². The van der Waals surface area contributed by atoms with Gasteiger partial charge in [-0.1, -0.05) is 18.2 Å². The number of anilines is 1. The van der Waals surface area contributed by atoms with Gasteiger partial charge in [0.15, 0.2) is 5.11 Å². The first-order valence-electron chi connectivity index (χ1n) is 6.98. The molecule has 6 heteroatoms. The summed E-state index contributed by atoms with van der Waals surface area (Å²) in [5, 5.41) is 15.3. The van der Waals surface area contributed by atoms with Crippen LogP contribution in [0.3, 0.4) is 0 Å². The number of thiocarbonyl (C=S) groups is 1. The molecule has 0 saturated heterocycles. The standard InChI is InChI=1S/C17H18N2O3S/c1-10-7-8-14(20)13(9-10)18-17(23)19-16(21)12-6-4-5-11(2)15(12)22-3/h4-9,20H,1-3H3,(H2,18,19,21,23). The Morgan fingerprint density at radius 1 is 1.22 bits per heavy atom. The van der Waals surface area contributed by atoms with E-state index in [1.54, 1.807) is 30.3 Å². The highest BCUT2D eigenvalue weighted by Gasteiger charge is 2.15. The van der Waals surface area contributed by atoms with Gasteiger partial charge in [-0.25, -0.2) is 0 Å². The zero-order valence-electron chi connectivity index (χ0n) is 13.1. The number of rotatable bonds is 3. The van der Waals surface area contributed by atoms with Crippen LogP contribution >= 0.6 is 12.2 Å². The van der Waals surface area contributed by atoms with Crippen LogP contribution in [0.5, 0.6) is 11.5 Å². The summed E-state index contributed by atoms with van der Waals surface area (Å²) in [4.78, 5) is 12.3. The van der Waals surface area contributed by atoms with Gasteiger partial charge >= 0.3 is 0 Å². The lowest BCUT2D eigenvalue weighted by Gasteiger charge is -2.14. The van der Waals surface area contributed by atoms with Gasteiger partial charge in [0.05, 0.1) is 18.4 Å². The summed E-state index contributed by atoms with van der Waals surface area (Å²) >= 11 is 5.13. The molecule has 5 nitrogen and oxygen atoms in total. The lowest BCUT2D eigenvalue weighted by molar-refractivity contribution is 0.0974. The number of aryl methyl sites for hydroxylation is 2. The van der Waals surface area contributed by atoms with Crippen molar-refractivity contribution in [3.05, 3.63) is 53.1 Å². The van der Waals surface area contributed by atoms with Crippen LogP contribution in [0.2, 0.25) is 0 Å². The summed E-state index contributed by atoms with van der Waals surface area (Å²) in [5.41, 5.74) is 2.65. The lowest BCUT2D eigenvalue weighted by Crippen LogP contribution is -2.34. The van der Waals surface area contributed by atoms with Gasteiger partial charge in [-0.15, -0.1) is 0 Å². The second kappa shape index (κ2) is 7.11. The quantitative estimate of drug-likeness (QED) is 0.596. The van der Waals surface area contributed by atoms with E-state index in [4.69, 9.17) is 17.0 Å². The first-order valence-corrected chi connectivity index (χ1v) is 7.38. The Kier molecular flexibility index (Phi) is 5.18. The van der Waals surface area contributed by atoms with Crippen LogP contribution in [0.4, 0.5) is 5.69 Å². The van der Waals surface area contributed by atoms with Gasteiger partial charge in [0, 0.05) is 0 Å². The number of carbonyl (C=O) groups is 1. The highest BCUT2D eigenvalue weighted by Crippen LogP contribution is 2.24. The van der Waals surface area contributed by atoms with Gasteiger partial charge in [-0.2, -0.15) is 0 Å². The maximum absolute atomic E-state index is 12.3. The number of phenolic OH excluding ortho intramolecular Hbond substituents is 1. The molecule has 0 unspecified atom stereocenters. The predicted octanol–water partition coefficient (Wildman–Crippen LogP) is 3.14. The van der Waals surface area contributed by atoms with Gasteiger partial charge < -0.3 is 15.2 Å². The molecule has 3 N–H and O–H groups in total. The zero-order chi connectivity index (χ0) is 17.0. The number of carbonyl (C=O) groups excluding carboxylic acids is 1. The third kappa shape index (κ3) is 3.98. The number of amides is 1. The number of hydrogen-bond donors (Lipinski definition) is 3. The average Bonchev–Trinajstić information content (AvgIpc) is 2.50. The maximum atomic E-state index is 12.3. The number of aromatic hydroxyl groups is 1. The van der Waals surface area contributed by atoms with E-state index in [1.165, 1.54) is 7.11 Å². The predicted molar refractivity (Wildman–Crippen MR) is 94.3 cm³/mol. The second-order valence-corrected chi connectivity index (χ2v) is 5.49. The molecule has 2 aromatic rings. The first-order chi connectivity index (χ1) is 10.9. The number of methoxy groups -OCH3 is 1. The number of nitrogens with one attached hydrogen (secondary N) is 2. The fourth-order valence-corrected chi connectivity index (χ4v) is 2.38. The Bertz CT molecular complexity index is 759. The Balaban J connectivity index is 2.13. The van der Waals surface area contributed by atoms with Gasteiger partial charge in [-0.05, 0) is 55.4 Å². The van der Waals surface area contributed by atoms with Crippen molar-refractivity contribution in [1.82, 2.24) is 5.32 Å². The van der Waals surface area contributed by atoms with Crippen LogP contribution < -0.4 is 15.4 Å². The van der Waals surface area contributed by atoms with E-state index in [1.807, 2.05) is 19.9 Å². The molecule has 0 aliphatic rings. The molecule has 0 spiro atoms. The molecule has 1 amide bonds. The zero-order valence-corrected chi connectivity index (χ0v) is 14.0. The van der Waals surface area contributed by atoms with Crippen molar-refractivity contribution >= 4 is 28.9 Å². The molecule has 0 bridgehead atoms. The van der Waals surface area contributed by atoms with Crippen LogP contribution in [0, 0.1) is 13.8 Å². The van der Waals surface area contributed by atoms with E-state index in [-0.39, 0.29) is 16.8 Å². The monoisotopic (exact) mass is 330 g/mol. The van der Waals surface area contributed by atoms with Crippen LogP contribution in [0.1, 0.15) is 21.5 Å². The van der Waals surface area contributed by atoms with Crippen molar-refractivity contribution in [1.29, 1.82) is 0 Å². The summed E-state index contributed by atoms with van der Waals surface area (Å²) in [7, 11) is 1.51. The van der Waals surface area contributed by atoms with Gasteiger partial charge in [0.1, 0.15) is 11.5 Å². The molecule has 2 aromatic carbocycles. The van der Waals surface area contributed by atoms with Crippen molar-refractivity contribution in [2.75, 3.05) is 12.4 Å². The topological polar surface area (TPSA) is 70.6 Å². The molecule has 23 heavy (non-hydrogen) atoms. The Hall–Kier alpha value is -2.60. The van der Waals surface area contributed by atoms with E-state index in [9.17, 15) is 9.90 Å². The van der Waals surface area contributed by atoms with Crippen molar-refractivity contribution in [3.63, 3.8) is 0 Å². The van der Waals surface area contributed by atoms with Crippen molar-refractivity contribution < 1.29 is 14.6 Å². The minimum absolute atomic E-state index is 0.0559. The molecule has 0 radical (unpaired) electrons. The van der Waals surface area contributed by atoms with Crippen molar-refractivity contribution in [2.45, 2.75) is 13.8 Å². The molecular formula is C17H18N2O3S. The fraction of sp³-hybridized carbons (Fsp3) is 0.176. The smallest absolute Gasteiger partial charge is 0.261 e. The molecular weight excluding hydrogens is 312 g/mol. The number of benzene rings is 2. The van der Waals surface area contributed by atoms with Crippen molar-refractivity contribution in [2.24, 2.45) is 0 Å². The summed E-state index contributed by atoms with van der Waals surface area (Å²) in [6.07, 6.45) is 0. The minimum atomic E-state index is -0.379. The molecule has 0 heterocycles. The molecule has 0 aliphatic heterocycles. The molecule has 0 aliphatic carbocycles. The number of ether oxygens (including phenoxy) is 1. The lowest BCUT2D eigenvalue weighted by atomic mass is 10.1. The van der Waals surface area contributed by atoms with E-state index in [0.29, 0.717) is 17.0 Å².